The molecule has 0 radical (unpaired) electrons. The molecule has 0 saturated heterocycles. The van der Waals surface area contributed by atoms with E-state index in [0.29, 0.717) is 0 Å². The second kappa shape index (κ2) is 4.77. The van der Waals surface area contributed by atoms with Crippen molar-refractivity contribution in [1.29, 1.82) is 5.26 Å². The van der Waals surface area contributed by atoms with Crippen molar-refractivity contribution in [3.63, 3.8) is 0 Å². The molecule has 0 atom stereocenters. The molecule has 3 nitrogen and oxygen atoms in total. The minimum Gasteiger partial charge on any atom is -0.379 e. The fourth-order valence-corrected chi connectivity index (χ4v) is 2.13. The summed E-state index contributed by atoms with van der Waals surface area (Å²) in [5, 5.41) is 12.0. The first-order valence-corrected chi connectivity index (χ1v) is 5.75. The Balaban J connectivity index is 2.03. The van der Waals surface area contributed by atoms with Crippen molar-refractivity contribution >= 4 is 17.0 Å². The fraction of sp³-hybridized carbons (Fsp3) is 0.167. The summed E-state index contributed by atoms with van der Waals surface area (Å²) in [7, 11) is 0. The van der Waals surface area contributed by atoms with Gasteiger partial charge in [-0.25, -0.2) is 0 Å². The summed E-state index contributed by atoms with van der Waals surface area (Å²) in [6.07, 6.45) is 1.78. The summed E-state index contributed by atoms with van der Waals surface area (Å²) < 4.78 is 0. The topological polar surface area (TPSA) is 48.7 Å². The van der Waals surface area contributed by atoms with Crippen molar-refractivity contribution in [2.24, 2.45) is 0 Å². The van der Waals surface area contributed by atoms with E-state index in [0.717, 1.165) is 27.7 Å². The monoisotopic (exact) mass is 229 g/mol. The van der Waals surface area contributed by atoms with Crippen molar-refractivity contribution in [2.75, 3.05) is 5.32 Å². The highest BCUT2D eigenvalue weighted by Gasteiger charge is 2.00. The van der Waals surface area contributed by atoms with Crippen LogP contribution in [-0.4, -0.2) is 4.98 Å². The number of nitrogens with zero attached hydrogens (tertiary/aromatic N) is 2. The van der Waals surface area contributed by atoms with Gasteiger partial charge in [0.15, 0.2) is 0 Å². The number of aryl methyl sites for hydroxylation is 1. The van der Waals surface area contributed by atoms with Crippen molar-refractivity contribution < 1.29 is 0 Å². The maximum Gasteiger partial charge on any atom is 0.110 e. The van der Waals surface area contributed by atoms with Gasteiger partial charge in [0.25, 0.3) is 0 Å². The van der Waals surface area contributed by atoms with E-state index in [1.165, 1.54) is 11.3 Å². The predicted octanol–water partition coefficient (Wildman–Crippen LogP) is 2.94. The minimum atomic E-state index is 0.735. The molecule has 2 heterocycles. The lowest BCUT2D eigenvalue weighted by Crippen LogP contribution is -1.99. The number of rotatable bonds is 3. The number of nitrogens with one attached hydrogen (secondary N) is 1. The summed E-state index contributed by atoms with van der Waals surface area (Å²) in [5.41, 5.74) is 2.02. The summed E-state index contributed by atoms with van der Waals surface area (Å²) in [6, 6.07) is 9.86. The zero-order valence-corrected chi connectivity index (χ0v) is 9.71. The zero-order valence-electron chi connectivity index (χ0n) is 8.90. The first-order chi connectivity index (χ1) is 7.79. The lowest BCUT2D eigenvalue weighted by Gasteiger charge is -2.06. The van der Waals surface area contributed by atoms with Crippen LogP contribution in [0.3, 0.4) is 0 Å². The molecule has 16 heavy (non-hydrogen) atoms. The first kappa shape index (κ1) is 10.7. The van der Waals surface area contributed by atoms with Crippen LogP contribution >= 0.6 is 11.3 Å². The third kappa shape index (κ3) is 2.38. The number of hydrogen-bond acceptors (Lipinski definition) is 4. The third-order valence-corrected chi connectivity index (χ3v) is 3.22. The van der Waals surface area contributed by atoms with Gasteiger partial charge in [-0.1, -0.05) is 0 Å². The summed E-state index contributed by atoms with van der Waals surface area (Å²) in [6.45, 7) is 2.70. The molecular formula is C12H11N3S. The molecule has 0 spiro atoms. The Morgan fingerprint density at radius 1 is 1.44 bits per heavy atom. The molecule has 0 aliphatic rings. The van der Waals surface area contributed by atoms with Gasteiger partial charge in [-0.15, -0.1) is 11.3 Å². The number of aromatic nitrogens is 1. The first-order valence-electron chi connectivity index (χ1n) is 4.94. The van der Waals surface area contributed by atoms with Gasteiger partial charge in [0.05, 0.1) is 11.4 Å². The molecule has 1 N–H and O–H groups in total. The van der Waals surface area contributed by atoms with Crippen LogP contribution < -0.4 is 5.32 Å². The van der Waals surface area contributed by atoms with Crippen LogP contribution in [0.1, 0.15) is 15.4 Å². The van der Waals surface area contributed by atoms with Gasteiger partial charge in [0, 0.05) is 17.6 Å². The van der Waals surface area contributed by atoms with E-state index in [1.54, 1.807) is 6.20 Å². The van der Waals surface area contributed by atoms with E-state index in [-0.39, 0.29) is 0 Å². The number of nitriles is 1. The van der Waals surface area contributed by atoms with Crippen LogP contribution in [0.4, 0.5) is 5.69 Å². The van der Waals surface area contributed by atoms with Crippen LogP contribution in [0, 0.1) is 18.3 Å². The molecule has 2 aromatic rings. The van der Waals surface area contributed by atoms with Crippen molar-refractivity contribution in [2.45, 2.75) is 13.5 Å². The molecule has 0 bridgehead atoms. The summed E-state index contributed by atoms with van der Waals surface area (Å²) in [4.78, 5) is 6.10. The van der Waals surface area contributed by atoms with Gasteiger partial charge >= 0.3 is 0 Å². The van der Waals surface area contributed by atoms with Crippen LogP contribution in [0.5, 0.6) is 0 Å². The molecule has 0 aliphatic heterocycles. The van der Waals surface area contributed by atoms with Crippen molar-refractivity contribution in [3.05, 3.63) is 45.9 Å². The molecule has 0 aromatic carbocycles. The number of thiophene rings is 1. The average molecular weight is 229 g/mol. The lowest BCUT2D eigenvalue weighted by molar-refractivity contribution is 1.13. The van der Waals surface area contributed by atoms with Crippen LogP contribution in [0.25, 0.3) is 0 Å². The molecule has 4 heteroatoms. The molecule has 2 aromatic heterocycles. The second-order valence-electron chi connectivity index (χ2n) is 3.37. The van der Waals surface area contributed by atoms with Gasteiger partial charge in [-0.3, -0.25) is 4.98 Å². The quantitative estimate of drug-likeness (QED) is 0.880. The maximum atomic E-state index is 8.71. The van der Waals surface area contributed by atoms with Crippen LogP contribution in [0.15, 0.2) is 30.5 Å². The summed E-state index contributed by atoms with van der Waals surface area (Å²) >= 11 is 1.51. The Bertz CT molecular complexity index is 525. The lowest BCUT2D eigenvalue weighted by atomic mass is 10.3. The highest BCUT2D eigenvalue weighted by atomic mass is 32.1. The Kier molecular flexibility index (Phi) is 3.18. The third-order valence-electron chi connectivity index (χ3n) is 2.23. The molecule has 80 valence electrons. The molecule has 0 amide bonds. The molecule has 0 fully saturated rings. The largest absolute Gasteiger partial charge is 0.379 e. The van der Waals surface area contributed by atoms with Crippen LogP contribution in [0.2, 0.25) is 0 Å². The van der Waals surface area contributed by atoms with E-state index < -0.39 is 0 Å². The van der Waals surface area contributed by atoms with E-state index in [9.17, 15) is 0 Å². The average Bonchev–Trinajstić information content (AvgIpc) is 2.76. The highest BCUT2D eigenvalue weighted by Crippen LogP contribution is 2.18. The fourth-order valence-electron chi connectivity index (χ4n) is 1.39. The Morgan fingerprint density at radius 3 is 3.00 bits per heavy atom. The van der Waals surface area contributed by atoms with E-state index in [1.807, 2.05) is 31.2 Å². The smallest absolute Gasteiger partial charge is 0.110 e. The second-order valence-corrected chi connectivity index (χ2v) is 4.54. The van der Waals surface area contributed by atoms with Gasteiger partial charge in [0.1, 0.15) is 10.9 Å². The molecule has 0 unspecified atom stereocenters. The Labute approximate surface area is 98.4 Å². The van der Waals surface area contributed by atoms with Crippen molar-refractivity contribution in [3.8, 4) is 6.07 Å². The number of pyridine rings is 1. The van der Waals surface area contributed by atoms with E-state index >= 15 is 0 Å². The van der Waals surface area contributed by atoms with Gasteiger partial charge in [0.2, 0.25) is 0 Å². The minimum absolute atomic E-state index is 0.735. The maximum absolute atomic E-state index is 8.71. The highest BCUT2D eigenvalue weighted by molar-refractivity contribution is 7.12. The number of anilines is 1. The standard InChI is InChI=1S/C12H11N3S/c1-9-12(3-2-6-14-9)15-8-11-5-4-10(7-13)16-11/h2-6,15H,8H2,1H3. The van der Waals surface area contributed by atoms with E-state index in [2.05, 4.69) is 16.4 Å². The molecule has 0 aliphatic carbocycles. The van der Waals surface area contributed by atoms with E-state index in [4.69, 9.17) is 5.26 Å². The van der Waals surface area contributed by atoms with Crippen LogP contribution in [-0.2, 0) is 6.54 Å². The van der Waals surface area contributed by atoms with Gasteiger partial charge in [-0.2, -0.15) is 5.26 Å². The zero-order chi connectivity index (χ0) is 11.4. The Hall–Kier alpha value is -1.86. The van der Waals surface area contributed by atoms with Gasteiger partial charge in [-0.05, 0) is 31.2 Å². The van der Waals surface area contributed by atoms with Gasteiger partial charge < -0.3 is 5.32 Å². The predicted molar refractivity (Wildman–Crippen MR) is 65.3 cm³/mol. The SMILES string of the molecule is Cc1ncccc1NCc1ccc(C#N)s1. The molecule has 2 rings (SSSR count). The van der Waals surface area contributed by atoms with Crippen molar-refractivity contribution in [1.82, 2.24) is 4.98 Å². The molecule has 0 saturated carbocycles. The number of hydrogen-bond donors (Lipinski definition) is 1. The molecular weight excluding hydrogens is 218 g/mol. The normalized spacial score (nSPS) is 9.75. The Morgan fingerprint density at radius 2 is 2.31 bits per heavy atom. The summed E-state index contributed by atoms with van der Waals surface area (Å²) in [5.74, 6) is 0.